The molecule has 0 unspecified atom stereocenters. The van der Waals surface area contributed by atoms with Gasteiger partial charge in [0.15, 0.2) is 0 Å². The first-order valence-electron chi connectivity index (χ1n) is 10.9. The van der Waals surface area contributed by atoms with Crippen molar-refractivity contribution < 1.29 is 22.4 Å². The number of allylic oxidation sites excluding steroid dienone is 1. The van der Waals surface area contributed by atoms with E-state index in [0.29, 0.717) is 22.7 Å². The van der Waals surface area contributed by atoms with E-state index in [4.69, 9.17) is 9.15 Å². The van der Waals surface area contributed by atoms with Crippen molar-refractivity contribution >= 4 is 43.8 Å². The maximum absolute atomic E-state index is 12.8. The number of methoxy groups -OCH3 is 1. The SMILES string of the molecule is COc1c(/C(C)=C/C(=O)Nc2cccc(NS(C)(=O)=O)c2)cc2c(-c3ccccc3)coc2c1C. The highest BCUT2D eigenvalue weighted by molar-refractivity contribution is 7.92. The van der Waals surface area contributed by atoms with Crippen molar-refractivity contribution in [2.75, 3.05) is 23.4 Å². The maximum Gasteiger partial charge on any atom is 0.248 e. The van der Waals surface area contributed by atoms with Crippen molar-refractivity contribution in [2.24, 2.45) is 0 Å². The summed E-state index contributed by atoms with van der Waals surface area (Å²) >= 11 is 0. The number of furan rings is 1. The molecule has 0 saturated carbocycles. The van der Waals surface area contributed by atoms with E-state index in [2.05, 4.69) is 10.0 Å². The van der Waals surface area contributed by atoms with Crippen LogP contribution >= 0.6 is 0 Å². The Balaban J connectivity index is 1.68. The molecule has 1 aromatic heterocycles. The standard InChI is InChI=1S/C27H26N2O5S/c1-17(13-25(30)28-20-11-8-12-21(14-20)29-35(4,31)32)22-15-23-24(19-9-6-5-7-10-19)16-34-27(23)18(2)26(22)33-3/h5-16,29H,1-4H3,(H,28,30)/b17-13+. The molecule has 0 aliphatic heterocycles. The number of aryl methyl sites for hydroxylation is 1. The van der Waals surface area contributed by atoms with Crippen molar-refractivity contribution in [3.8, 4) is 16.9 Å². The number of hydrogen-bond acceptors (Lipinski definition) is 5. The molecule has 180 valence electrons. The van der Waals surface area contributed by atoms with Gasteiger partial charge in [0.05, 0.1) is 25.3 Å². The van der Waals surface area contributed by atoms with E-state index in [0.717, 1.165) is 39.5 Å². The van der Waals surface area contributed by atoms with Crippen LogP contribution in [0.2, 0.25) is 0 Å². The Hall–Kier alpha value is -4.04. The Morgan fingerprint density at radius 3 is 2.43 bits per heavy atom. The van der Waals surface area contributed by atoms with Gasteiger partial charge in [-0.3, -0.25) is 9.52 Å². The van der Waals surface area contributed by atoms with Crippen molar-refractivity contribution in [2.45, 2.75) is 13.8 Å². The van der Waals surface area contributed by atoms with E-state index in [9.17, 15) is 13.2 Å². The summed E-state index contributed by atoms with van der Waals surface area (Å²) in [7, 11) is -1.83. The lowest BCUT2D eigenvalue weighted by molar-refractivity contribution is -0.111. The van der Waals surface area contributed by atoms with Crippen LogP contribution < -0.4 is 14.8 Å². The molecular formula is C27H26N2O5S. The molecule has 7 nitrogen and oxygen atoms in total. The number of amides is 1. The Morgan fingerprint density at radius 2 is 1.74 bits per heavy atom. The van der Waals surface area contributed by atoms with Crippen LogP contribution in [0.5, 0.6) is 5.75 Å². The largest absolute Gasteiger partial charge is 0.496 e. The normalized spacial score (nSPS) is 11.9. The third kappa shape index (κ3) is 5.38. The number of fused-ring (bicyclic) bond motifs is 1. The van der Waals surface area contributed by atoms with Gasteiger partial charge in [-0.1, -0.05) is 36.4 Å². The van der Waals surface area contributed by atoms with Gasteiger partial charge < -0.3 is 14.5 Å². The average Bonchev–Trinajstić information content (AvgIpc) is 3.23. The Kier molecular flexibility index (Phi) is 6.66. The molecule has 0 bridgehead atoms. The van der Waals surface area contributed by atoms with Gasteiger partial charge in [-0.05, 0) is 49.2 Å². The zero-order valence-electron chi connectivity index (χ0n) is 19.9. The van der Waals surface area contributed by atoms with E-state index in [-0.39, 0.29) is 5.91 Å². The highest BCUT2D eigenvalue weighted by Crippen LogP contribution is 2.40. The molecule has 0 fully saturated rings. The Morgan fingerprint density at radius 1 is 1.03 bits per heavy atom. The molecule has 1 amide bonds. The molecule has 3 aromatic carbocycles. The summed E-state index contributed by atoms with van der Waals surface area (Å²) < 4.78 is 36.9. The van der Waals surface area contributed by atoms with Gasteiger partial charge in [0.2, 0.25) is 15.9 Å². The van der Waals surface area contributed by atoms with Crippen LogP contribution in [0, 0.1) is 6.92 Å². The molecular weight excluding hydrogens is 464 g/mol. The number of nitrogens with one attached hydrogen (secondary N) is 2. The fraction of sp³-hybridized carbons (Fsp3) is 0.148. The fourth-order valence-corrected chi connectivity index (χ4v) is 4.60. The van der Waals surface area contributed by atoms with Crippen LogP contribution in [0.15, 0.2) is 77.4 Å². The molecule has 1 heterocycles. The molecule has 4 rings (SSSR count). The van der Waals surface area contributed by atoms with Crippen LogP contribution in [0.25, 0.3) is 27.7 Å². The number of rotatable bonds is 7. The summed E-state index contributed by atoms with van der Waals surface area (Å²) in [5.74, 6) is 0.279. The number of carbonyl (C=O) groups is 1. The van der Waals surface area contributed by atoms with Crippen molar-refractivity contribution in [3.05, 3.63) is 84.1 Å². The fourth-order valence-electron chi connectivity index (χ4n) is 4.04. The van der Waals surface area contributed by atoms with E-state index in [1.54, 1.807) is 37.6 Å². The molecule has 4 aromatic rings. The summed E-state index contributed by atoms with van der Waals surface area (Å²) in [5, 5.41) is 3.71. The van der Waals surface area contributed by atoms with E-state index < -0.39 is 10.0 Å². The third-order valence-corrected chi connectivity index (χ3v) is 6.15. The van der Waals surface area contributed by atoms with Crippen LogP contribution in [0.3, 0.4) is 0 Å². The van der Waals surface area contributed by atoms with Crippen LogP contribution in [-0.4, -0.2) is 27.7 Å². The lowest BCUT2D eigenvalue weighted by Crippen LogP contribution is -2.11. The zero-order valence-corrected chi connectivity index (χ0v) is 20.7. The average molecular weight is 491 g/mol. The number of sulfonamides is 1. The second-order valence-corrected chi connectivity index (χ2v) is 9.99. The summed E-state index contributed by atoms with van der Waals surface area (Å²) in [4.78, 5) is 12.8. The van der Waals surface area contributed by atoms with E-state index in [1.165, 1.54) is 6.08 Å². The molecule has 35 heavy (non-hydrogen) atoms. The van der Waals surface area contributed by atoms with Gasteiger partial charge in [-0.15, -0.1) is 0 Å². The van der Waals surface area contributed by atoms with E-state index >= 15 is 0 Å². The van der Waals surface area contributed by atoms with Gasteiger partial charge in [0.1, 0.15) is 11.3 Å². The van der Waals surface area contributed by atoms with Gasteiger partial charge in [-0.2, -0.15) is 0 Å². The summed E-state index contributed by atoms with van der Waals surface area (Å²) in [5.41, 5.74) is 5.87. The topological polar surface area (TPSA) is 97.6 Å². The third-order valence-electron chi connectivity index (χ3n) is 5.54. The zero-order chi connectivity index (χ0) is 25.2. The van der Waals surface area contributed by atoms with Gasteiger partial charge in [0, 0.05) is 33.8 Å². The first-order valence-corrected chi connectivity index (χ1v) is 12.8. The van der Waals surface area contributed by atoms with Gasteiger partial charge in [0.25, 0.3) is 0 Å². The van der Waals surface area contributed by atoms with E-state index in [1.807, 2.05) is 50.2 Å². The second kappa shape index (κ2) is 9.68. The first-order chi connectivity index (χ1) is 16.7. The quantitative estimate of drug-likeness (QED) is 0.318. The van der Waals surface area contributed by atoms with Crippen molar-refractivity contribution in [1.29, 1.82) is 0 Å². The number of anilines is 2. The Bertz CT molecular complexity index is 1540. The number of carbonyl (C=O) groups excluding carboxylic acids is 1. The van der Waals surface area contributed by atoms with Crippen molar-refractivity contribution in [3.63, 3.8) is 0 Å². The smallest absolute Gasteiger partial charge is 0.248 e. The predicted octanol–water partition coefficient (Wildman–Crippen LogP) is 5.83. The molecule has 0 radical (unpaired) electrons. The van der Waals surface area contributed by atoms with Gasteiger partial charge >= 0.3 is 0 Å². The maximum atomic E-state index is 12.8. The van der Waals surface area contributed by atoms with Crippen LogP contribution in [0.1, 0.15) is 18.1 Å². The minimum Gasteiger partial charge on any atom is -0.496 e. The number of benzene rings is 3. The minimum absolute atomic E-state index is 0.353. The highest BCUT2D eigenvalue weighted by Gasteiger charge is 2.18. The molecule has 0 atom stereocenters. The van der Waals surface area contributed by atoms with Gasteiger partial charge in [-0.25, -0.2) is 8.42 Å². The van der Waals surface area contributed by atoms with Crippen LogP contribution in [-0.2, 0) is 14.8 Å². The summed E-state index contributed by atoms with van der Waals surface area (Å²) in [6, 6.07) is 18.4. The lowest BCUT2D eigenvalue weighted by Gasteiger charge is -2.13. The molecule has 2 N–H and O–H groups in total. The lowest BCUT2D eigenvalue weighted by atomic mass is 9.96. The van der Waals surface area contributed by atoms with Crippen LogP contribution in [0.4, 0.5) is 11.4 Å². The molecule has 0 saturated heterocycles. The Labute approximate surface area is 204 Å². The summed E-state index contributed by atoms with van der Waals surface area (Å²) in [6.45, 7) is 3.77. The molecule has 8 heteroatoms. The van der Waals surface area contributed by atoms with Crippen molar-refractivity contribution in [1.82, 2.24) is 0 Å². The highest BCUT2D eigenvalue weighted by atomic mass is 32.2. The second-order valence-electron chi connectivity index (χ2n) is 8.25. The monoisotopic (exact) mass is 490 g/mol. The summed E-state index contributed by atoms with van der Waals surface area (Å²) in [6.07, 6.45) is 4.29. The molecule has 0 aliphatic carbocycles. The number of hydrogen-bond donors (Lipinski definition) is 2. The minimum atomic E-state index is -3.42. The predicted molar refractivity (Wildman–Crippen MR) is 140 cm³/mol. The molecule has 0 spiro atoms. The molecule has 0 aliphatic rings. The number of ether oxygens (including phenoxy) is 1. The first kappa shape index (κ1) is 24.1.